The van der Waals surface area contributed by atoms with E-state index in [-0.39, 0.29) is 0 Å². The third-order valence-corrected chi connectivity index (χ3v) is 18.5. The molecule has 0 aliphatic carbocycles. The smallest absolute Gasteiger partial charge is 0.183 e. The van der Waals surface area contributed by atoms with Gasteiger partial charge < -0.3 is 17.7 Å². The Labute approximate surface area is 545 Å². The van der Waals surface area contributed by atoms with Crippen LogP contribution in [0.4, 0.5) is 0 Å². The number of rotatable bonds is 9. The van der Waals surface area contributed by atoms with Crippen LogP contribution < -0.4 is 0 Å². The van der Waals surface area contributed by atoms with E-state index in [1.807, 2.05) is 140 Å². The van der Waals surface area contributed by atoms with Gasteiger partial charge in [-0.15, -0.1) is 0 Å². The highest BCUT2D eigenvalue weighted by Gasteiger charge is 2.26. The third kappa shape index (κ3) is 8.56. The molecule has 0 aliphatic rings. The zero-order chi connectivity index (χ0) is 63.0. The molecule has 20 rings (SSSR count). The van der Waals surface area contributed by atoms with Crippen LogP contribution in [0.3, 0.4) is 0 Å². The Bertz CT molecular complexity index is 6610. The molecule has 0 aliphatic heterocycles. The second-order valence-corrected chi connectivity index (χ2v) is 24.1. The van der Waals surface area contributed by atoms with E-state index >= 15 is 0 Å². The van der Waals surface area contributed by atoms with E-state index in [2.05, 4.69) is 133 Å². The summed E-state index contributed by atoms with van der Waals surface area (Å²) in [6.07, 6.45) is 3.63. The molecule has 0 atom stereocenters. The highest BCUT2D eigenvalue weighted by Crippen LogP contribution is 2.46. The lowest BCUT2D eigenvalue weighted by Gasteiger charge is -2.11. The summed E-state index contributed by atoms with van der Waals surface area (Å²) in [4.78, 5) is 41.5. The number of hydrogen-bond donors (Lipinski definition) is 0. The Morgan fingerprint density at radius 1 is 0.219 bits per heavy atom. The monoisotopic (exact) mass is 1230 g/mol. The summed E-state index contributed by atoms with van der Waals surface area (Å²) >= 11 is 0. The summed E-state index contributed by atoms with van der Waals surface area (Å²) in [6, 6.07) is 90.7. The molecule has 0 radical (unpaired) electrons. The Hall–Kier alpha value is -13.3. The lowest BCUT2D eigenvalue weighted by molar-refractivity contribution is 0.668. The van der Waals surface area contributed by atoms with Crippen molar-refractivity contribution >= 4 is 109 Å². The van der Waals surface area contributed by atoms with Gasteiger partial charge in [0.1, 0.15) is 56.1 Å². The van der Waals surface area contributed by atoms with E-state index in [9.17, 15) is 0 Å². The number of para-hydroxylation sites is 3. The van der Waals surface area contributed by atoms with Gasteiger partial charge in [0.2, 0.25) is 0 Å². The minimum absolute atomic E-state index is 0.420. The lowest BCUT2D eigenvalue weighted by Crippen LogP contribution is -2.02. The maximum atomic E-state index is 6.94. The molecule has 0 saturated heterocycles. The van der Waals surface area contributed by atoms with Gasteiger partial charge in [-0.05, 0) is 104 Å². The van der Waals surface area contributed by atoms with Gasteiger partial charge >= 0.3 is 0 Å². The molecule has 12 aromatic carbocycles. The minimum Gasteiger partial charge on any atom is -0.456 e. The van der Waals surface area contributed by atoms with Crippen molar-refractivity contribution < 1.29 is 17.7 Å². The topological polar surface area (TPSA) is 156 Å². The fourth-order valence-electron chi connectivity index (χ4n) is 14.0. The zero-order valence-electron chi connectivity index (χ0n) is 50.8. The fraction of sp³-hybridized carbons (Fsp3) is 0. The quantitative estimate of drug-likeness (QED) is 0.135. The van der Waals surface area contributed by atoms with Crippen molar-refractivity contribution in [3.8, 4) is 102 Å². The van der Waals surface area contributed by atoms with Crippen LogP contribution >= 0.6 is 0 Å². The van der Waals surface area contributed by atoms with Crippen molar-refractivity contribution in [1.82, 2.24) is 39.9 Å². The molecule has 96 heavy (non-hydrogen) atoms. The van der Waals surface area contributed by atoms with Crippen molar-refractivity contribution in [2.24, 2.45) is 0 Å². The molecule has 0 amide bonds. The molecule has 446 valence electrons. The highest BCUT2D eigenvalue weighted by atomic mass is 16.3. The zero-order valence-corrected chi connectivity index (χ0v) is 50.8. The van der Waals surface area contributed by atoms with Crippen molar-refractivity contribution in [2.45, 2.75) is 0 Å². The van der Waals surface area contributed by atoms with Crippen LogP contribution in [-0.2, 0) is 0 Å². The van der Waals surface area contributed by atoms with Crippen LogP contribution in [0.1, 0.15) is 0 Å². The van der Waals surface area contributed by atoms with Crippen molar-refractivity contribution in [1.29, 1.82) is 0 Å². The van der Waals surface area contributed by atoms with Gasteiger partial charge in [0.05, 0.1) is 10.8 Å². The number of benzene rings is 12. The molecule has 8 aromatic heterocycles. The van der Waals surface area contributed by atoms with Gasteiger partial charge in [0, 0.05) is 78.1 Å². The molecule has 0 unspecified atom stereocenters. The number of fused-ring (bicyclic) bond motifs is 14. The van der Waals surface area contributed by atoms with E-state index in [0.29, 0.717) is 63.1 Å². The van der Waals surface area contributed by atoms with E-state index in [4.69, 9.17) is 57.5 Å². The number of hydrogen-bond acceptors (Lipinski definition) is 12. The number of nitrogens with zero attached hydrogens (tertiary/aromatic N) is 8. The summed E-state index contributed by atoms with van der Waals surface area (Å²) in [5, 5.41) is 11.6. The second-order valence-electron chi connectivity index (χ2n) is 24.1. The SMILES string of the molecule is c1ccc(-c2nc(-c3nccc4oc5cc(-c6ccc7ccccc7c6)ccc5c34)nc(-c3cccc4oc5c(-c6ccc7cc(-c8cnc(-c9nc(-c%10ccccc%10)nc(-c%10cccc%11oc%12ccccc%12c%10%11)n9)c9c8oc8ccccc89)ccc7c6)cccc5c34)n2)cc1. The maximum Gasteiger partial charge on any atom is 0.183 e. The Morgan fingerprint density at radius 3 is 1.39 bits per heavy atom. The molecule has 0 fully saturated rings. The standard InChI is InChI=1S/C84H46N8O4/c1-3-17-48(18-4-1)79-88-82(91-83(89-79)75-73-60-39-38-54(45-70(60)94-69(73)40-41-85-75)51-33-32-47-16-7-8-21-50(47)42-51)63-27-15-31-68-72(63)61-25-13-24-57(77(61)96-68)55-36-34-53-44-56(37-35-52(53)43-55)64-46-86-76(74-59-23-10-12-29-66(59)95-78(64)74)84-90-80(49-19-5-2-6-20-49)87-81(92-84)62-26-14-30-67-71(62)58-22-9-11-28-65(58)93-67/h1-46H. The number of pyridine rings is 2. The lowest BCUT2D eigenvalue weighted by atomic mass is 9.96. The molecule has 12 nitrogen and oxygen atoms in total. The first kappa shape index (κ1) is 53.4. The summed E-state index contributed by atoms with van der Waals surface area (Å²) in [7, 11) is 0. The van der Waals surface area contributed by atoms with E-state index in [0.717, 1.165) is 137 Å². The van der Waals surface area contributed by atoms with Gasteiger partial charge in [-0.3, -0.25) is 9.97 Å². The van der Waals surface area contributed by atoms with E-state index in [1.165, 1.54) is 10.8 Å². The van der Waals surface area contributed by atoms with Crippen LogP contribution in [0, 0.1) is 0 Å². The number of furan rings is 4. The number of aromatic nitrogens is 8. The van der Waals surface area contributed by atoms with E-state index in [1.54, 1.807) is 6.20 Å². The Morgan fingerprint density at radius 2 is 0.667 bits per heavy atom. The molecule has 0 bridgehead atoms. The molecular formula is C84H46N8O4. The van der Waals surface area contributed by atoms with Crippen molar-refractivity contribution in [2.75, 3.05) is 0 Å². The summed E-state index contributed by atoms with van der Waals surface area (Å²) < 4.78 is 26.8. The molecule has 0 spiro atoms. The predicted molar refractivity (Wildman–Crippen MR) is 382 cm³/mol. The summed E-state index contributed by atoms with van der Waals surface area (Å²) in [5.74, 6) is 2.87. The van der Waals surface area contributed by atoms with Crippen molar-refractivity contribution in [3.63, 3.8) is 0 Å². The van der Waals surface area contributed by atoms with Gasteiger partial charge in [-0.25, -0.2) is 29.9 Å². The van der Waals surface area contributed by atoms with Crippen LogP contribution in [0.5, 0.6) is 0 Å². The fourth-order valence-corrected chi connectivity index (χ4v) is 14.0. The largest absolute Gasteiger partial charge is 0.456 e. The summed E-state index contributed by atoms with van der Waals surface area (Å²) in [5.41, 5.74) is 16.2. The Balaban J connectivity index is 0.677. The molecule has 12 heteroatoms. The molecule has 8 heterocycles. The highest BCUT2D eigenvalue weighted by molar-refractivity contribution is 6.18. The van der Waals surface area contributed by atoms with Gasteiger partial charge in [0.15, 0.2) is 34.9 Å². The first-order valence-electron chi connectivity index (χ1n) is 31.7. The van der Waals surface area contributed by atoms with Gasteiger partial charge in [0.25, 0.3) is 0 Å². The van der Waals surface area contributed by atoms with Gasteiger partial charge in [-0.2, -0.15) is 0 Å². The second kappa shape index (κ2) is 21.1. The van der Waals surface area contributed by atoms with Gasteiger partial charge in [-0.1, -0.05) is 206 Å². The van der Waals surface area contributed by atoms with Crippen LogP contribution in [0.15, 0.2) is 297 Å². The average Bonchev–Trinajstić information content (AvgIpc) is 1.55. The first-order chi connectivity index (χ1) is 47.5. The first-order valence-corrected chi connectivity index (χ1v) is 31.7. The molecule has 0 N–H and O–H groups in total. The minimum atomic E-state index is 0.420. The van der Waals surface area contributed by atoms with Crippen molar-refractivity contribution in [3.05, 3.63) is 279 Å². The molecular weight excluding hydrogens is 1180 g/mol. The van der Waals surface area contributed by atoms with Crippen LogP contribution in [0.25, 0.3) is 211 Å². The Kier molecular flexibility index (Phi) is 11.7. The third-order valence-electron chi connectivity index (χ3n) is 18.5. The van der Waals surface area contributed by atoms with E-state index < -0.39 is 0 Å². The summed E-state index contributed by atoms with van der Waals surface area (Å²) in [6.45, 7) is 0. The normalized spacial score (nSPS) is 12.0. The molecule has 20 aromatic rings. The van der Waals surface area contributed by atoms with Crippen LogP contribution in [-0.4, -0.2) is 39.9 Å². The maximum absolute atomic E-state index is 6.94. The van der Waals surface area contributed by atoms with Crippen LogP contribution in [0.2, 0.25) is 0 Å². The average molecular weight is 1230 g/mol. The molecule has 0 saturated carbocycles. The predicted octanol–water partition coefficient (Wildman–Crippen LogP) is 21.8.